The van der Waals surface area contributed by atoms with Crippen molar-refractivity contribution in [3.63, 3.8) is 0 Å². The normalized spacial score (nSPS) is 19.4. The second-order valence-corrected chi connectivity index (χ2v) is 41.5. The summed E-state index contributed by atoms with van der Waals surface area (Å²) in [5, 5.41) is 0. The smallest absolute Gasteiger partial charge is 0.0857 e. The molecule has 12 aliphatic heterocycles. The van der Waals surface area contributed by atoms with E-state index in [1.807, 2.05) is 0 Å². The van der Waals surface area contributed by atoms with Crippen LogP contribution in [0.3, 0.4) is 0 Å². The first-order chi connectivity index (χ1) is 73.6. The van der Waals surface area contributed by atoms with Crippen LogP contribution in [0, 0.1) is 0 Å². The van der Waals surface area contributed by atoms with Crippen molar-refractivity contribution in [2.45, 2.75) is 87.6 Å². The number of nitrogens with zero attached hydrogens (tertiary/aromatic N) is 6. The Bertz CT molecular complexity index is 8720. The van der Waals surface area contributed by atoms with Gasteiger partial charge in [-0.3, -0.25) is 0 Å². The molecular formula is C142H102N6. The monoisotopic (exact) mass is 1890 g/mol. The van der Waals surface area contributed by atoms with E-state index in [2.05, 4.69) is 515 Å². The van der Waals surface area contributed by atoms with Crippen LogP contribution in [0.4, 0.5) is 39.8 Å². The molecule has 20 aliphatic rings. The number of fused-ring (bicyclic) bond motifs is 60. The van der Waals surface area contributed by atoms with Gasteiger partial charge in [-0.25, -0.2) is 0 Å². The lowest BCUT2D eigenvalue weighted by molar-refractivity contribution is 0.343. The van der Waals surface area contributed by atoms with Crippen molar-refractivity contribution < 1.29 is 0 Å². The molecule has 4 unspecified atom stereocenters. The molecule has 0 bridgehead atoms. The molecule has 0 aromatic heterocycles. The molecule has 16 aromatic rings. The highest BCUT2D eigenvalue weighted by Gasteiger charge is 2.49. The van der Waals surface area contributed by atoms with Crippen LogP contribution in [0.5, 0.6) is 0 Å². The van der Waals surface area contributed by atoms with Gasteiger partial charge in [0.15, 0.2) is 0 Å². The van der Waals surface area contributed by atoms with E-state index in [4.69, 9.17) is 0 Å². The molecule has 4 atom stereocenters. The Labute approximate surface area is 865 Å². The van der Waals surface area contributed by atoms with Gasteiger partial charge in [0.1, 0.15) is 0 Å². The van der Waals surface area contributed by atoms with Gasteiger partial charge in [0, 0.05) is 137 Å². The van der Waals surface area contributed by atoms with E-state index in [0.717, 1.165) is 51.4 Å². The Hall–Kier alpha value is -17.8. The average Bonchev–Trinajstić information content (AvgIpc) is 1.13. The highest BCUT2D eigenvalue weighted by molar-refractivity contribution is 6.05. The lowest BCUT2D eigenvalue weighted by Crippen LogP contribution is -2.36. The predicted octanol–water partition coefficient (Wildman–Crippen LogP) is 35.7. The van der Waals surface area contributed by atoms with Gasteiger partial charge in [0.25, 0.3) is 0 Å². The first-order valence-corrected chi connectivity index (χ1v) is 53.0. The maximum atomic E-state index is 2.63. The molecule has 0 saturated heterocycles. The van der Waals surface area contributed by atoms with Crippen molar-refractivity contribution in [2.24, 2.45) is 0 Å². The molecule has 148 heavy (non-hydrogen) atoms. The van der Waals surface area contributed by atoms with E-state index in [9.17, 15) is 0 Å². The molecule has 0 saturated carbocycles. The second-order valence-electron chi connectivity index (χ2n) is 41.5. The van der Waals surface area contributed by atoms with Gasteiger partial charge in [0.05, 0.1) is 36.3 Å². The summed E-state index contributed by atoms with van der Waals surface area (Å²) in [7, 11) is 0. The van der Waals surface area contributed by atoms with Crippen molar-refractivity contribution in [1.29, 1.82) is 0 Å². The number of anilines is 7. The Kier molecular flexibility index (Phi) is 19.4. The summed E-state index contributed by atoms with van der Waals surface area (Å²) >= 11 is 0. The maximum Gasteiger partial charge on any atom is 0.0857 e. The molecule has 0 radical (unpaired) electrons. The fourth-order valence-corrected chi connectivity index (χ4v) is 28.5. The highest BCUT2D eigenvalue weighted by atomic mass is 15.2. The largest absolute Gasteiger partial charge is 0.335 e. The summed E-state index contributed by atoms with van der Waals surface area (Å²) in [5.41, 5.74) is 67.1. The number of allylic oxidation sites excluding steroid dienone is 22. The lowest BCUT2D eigenvalue weighted by Gasteiger charge is -2.45. The summed E-state index contributed by atoms with van der Waals surface area (Å²) in [4.78, 5) is 15.4. The Morgan fingerprint density at radius 3 is 0.986 bits per heavy atom. The zero-order chi connectivity index (χ0) is 96.9. The fourth-order valence-electron chi connectivity index (χ4n) is 28.5. The summed E-state index contributed by atoms with van der Waals surface area (Å²) in [6.07, 6.45) is 45.6. The summed E-state index contributed by atoms with van der Waals surface area (Å²) < 4.78 is 0. The third-order valence-corrected chi connectivity index (χ3v) is 34.3. The molecule has 12 heterocycles. The second kappa shape index (κ2) is 33.9. The van der Waals surface area contributed by atoms with E-state index in [1.54, 1.807) is 0 Å². The third kappa shape index (κ3) is 12.6. The van der Waals surface area contributed by atoms with E-state index >= 15 is 0 Å². The van der Waals surface area contributed by atoms with Crippen LogP contribution in [0.15, 0.2) is 531 Å². The van der Waals surface area contributed by atoms with Gasteiger partial charge in [-0.05, 0) is 238 Å². The fraction of sp³-hybridized carbons (Fsp3) is 0.0986. The minimum Gasteiger partial charge on any atom is -0.335 e. The summed E-state index contributed by atoms with van der Waals surface area (Å²) in [6.45, 7) is 0. The zero-order valence-corrected chi connectivity index (χ0v) is 82.0. The third-order valence-electron chi connectivity index (χ3n) is 34.3. The van der Waals surface area contributed by atoms with Gasteiger partial charge in [-0.15, -0.1) is 0 Å². The quantitative estimate of drug-likeness (QED) is 0.150. The molecule has 6 nitrogen and oxygen atoms in total. The van der Waals surface area contributed by atoms with Gasteiger partial charge >= 0.3 is 0 Å². The van der Waals surface area contributed by atoms with Crippen molar-refractivity contribution in [1.82, 2.24) is 9.80 Å². The summed E-state index contributed by atoms with van der Waals surface area (Å²) in [5.74, 6) is 0. The maximum absolute atomic E-state index is 2.63. The molecule has 0 N–H and O–H groups in total. The molecule has 16 aromatic carbocycles. The summed E-state index contributed by atoms with van der Waals surface area (Å²) in [6, 6.07) is 144. The molecule has 36 rings (SSSR count). The van der Waals surface area contributed by atoms with Crippen LogP contribution in [-0.2, 0) is 0 Å². The van der Waals surface area contributed by atoms with Crippen LogP contribution in [0.25, 0.3) is 89.1 Å². The molecule has 8 aliphatic carbocycles. The van der Waals surface area contributed by atoms with E-state index in [-0.39, 0.29) is 18.1 Å². The first kappa shape index (κ1) is 84.6. The van der Waals surface area contributed by atoms with Crippen molar-refractivity contribution in [3.05, 3.63) is 625 Å². The van der Waals surface area contributed by atoms with Crippen LogP contribution in [-0.4, -0.2) is 9.80 Å². The van der Waals surface area contributed by atoms with Crippen LogP contribution in [0.2, 0.25) is 0 Å². The SMILES string of the molecule is C1=C2C(=CC1)C1c3ccccc3-c3ccccc3N1c1ccccc12.C1=C2C(=CC1)N1c3ccccc3-c3ccccc3C1c1ccccc12.C1=CC2=C(C1)C1c3ccccc3-c3ccccc3N1c1ccccc12.C1=CC2=C(C1)N1C3=C(C=CC3)c3ccccc3C1c1ccccc12.C1=CC2=C(C1)c1ccccc1C1c3ccccc3C3=C(C=CC3)N21.C1=CC2=C(C1)c1ccccc1N1c3ccccc3-c3ccccc3C21. The number of rotatable bonds is 0. The topological polar surface area (TPSA) is 19.4 Å². The minimum absolute atomic E-state index is 0.254. The van der Waals surface area contributed by atoms with Crippen LogP contribution in [0.1, 0.15) is 182 Å². The van der Waals surface area contributed by atoms with Gasteiger partial charge in [0.2, 0.25) is 0 Å². The number of para-hydroxylation sites is 7. The average molecular weight is 1890 g/mol. The first-order valence-electron chi connectivity index (χ1n) is 53.0. The lowest BCUT2D eigenvalue weighted by atomic mass is 9.78. The van der Waals surface area contributed by atoms with Gasteiger partial charge in [-0.2, -0.15) is 0 Å². The molecule has 700 valence electrons. The van der Waals surface area contributed by atoms with Gasteiger partial charge in [-0.1, -0.05) is 431 Å². The van der Waals surface area contributed by atoms with Crippen LogP contribution >= 0.6 is 0 Å². The number of hydrogen-bond donors (Lipinski definition) is 0. The Morgan fingerprint density at radius 2 is 0.480 bits per heavy atom. The Morgan fingerprint density at radius 1 is 0.176 bits per heavy atom. The molecule has 0 spiro atoms. The molecule has 0 amide bonds. The zero-order valence-electron chi connectivity index (χ0n) is 82.0. The number of hydrogen-bond acceptors (Lipinski definition) is 6. The van der Waals surface area contributed by atoms with E-state index in [0.29, 0.717) is 18.1 Å². The minimum atomic E-state index is 0.254. The predicted molar refractivity (Wildman–Crippen MR) is 611 cm³/mol. The van der Waals surface area contributed by atoms with E-state index in [1.165, 1.54) is 269 Å². The molecular weight excluding hydrogens is 1790 g/mol. The van der Waals surface area contributed by atoms with Crippen molar-refractivity contribution >= 4 is 84.4 Å². The van der Waals surface area contributed by atoms with Crippen LogP contribution < -0.4 is 19.6 Å². The highest BCUT2D eigenvalue weighted by Crippen LogP contribution is 2.66. The Balaban J connectivity index is 0.0000000803. The standard InChI is InChI=1S/4C24H17N.2C23H17N/c1-3-11-20-16(8-1)18-10-5-6-14-22(18)25-23-15-7-13-19(23)17-9-2-4-12-21(17)24(20)25;3*1-2-11-20-16(8-1)18-9-3-5-14-22(18)25-23-15-6-4-10-19(23)17-12-7-13-21(17)24(20)25;2*1-3-9-19-15(7-1)17-11-5-13-21(17)24-22-14-6-12-18(22)16-8-2-4-10-20(16)23(19)24/h2*1-6,8-15,24H,7H2;1-11,13-15,24H,12H2;1-12,14-15,24H,13H2;1-10,13-14,23H,11-12H2;1-12,23H,13-14H2. The van der Waals surface area contributed by atoms with Crippen molar-refractivity contribution in [3.8, 4) is 44.5 Å². The van der Waals surface area contributed by atoms with Crippen molar-refractivity contribution in [2.75, 3.05) is 19.6 Å². The molecule has 6 heteroatoms. The van der Waals surface area contributed by atoms with E-state index < -0.39 is 0 Å². The molecule has 0 fully saturated rings. The number of benzene rings is 16. The van der Waals surface area contributed by atoms with Gasteiger partial charge < -0.3 is 29.4 Å².